The zero-order chi connectivity index (χ0) is 16.5. The number of likely N-dealkylation sites (tertiary alicyclic amines) is 1. The molecule has 122 valence electrons. The standard InChI is InChI=1S/C14H16F3NO4/c1-21-10-5-3-4-9(11(10)22-2)12(19)18-7-6-13(20,8-18)14(15,16)17/h3-5,20H,6-8H2,1-2H3/t13-/m1/s1. The number of amides is 1. The number of carbonyl (C=O) groups excluding carboxylic acids is 1. The lowest BCUT2D eigenvalue weighted by molar-refractivity contribution is -0.253. The number of halogens is 3. The van der Waals surface area contributed by atoms with Crippen molar-refractivity contribution in [2.45, 2.75) is 18.2 Å². The van der Waals surface area contributed by atoms with Crippen LogP contribution in [0.5, 0.6) is 11.5 Å². The molecule has 5 nitrogen and oxygen atoms in total. The smallest absolute Gasteiger partial charge is 0.419 e. The van der Waals surface area contributed by atoms with E-state index in [1.807, 2.05) is 0 Å². The molecule has 1 N–H and O–H groups in total. The van der Waals surface area contributed by atoms with Gasteiger partial charge in [-0.25, -0.2) is 0 Å². The number of hydrogen-bond acceptors (Lipinski definition) is 4. The molecule has 0 bridgehead atoms. The van der Waals surface area contributed by atoms with Gasteiger partial charge in [-0.05, 0) is 12.1 Å². The van der Waals surface area contributed by atoms with E-state index in [2.05, 4.69) is 0 Å². The lowest BCUT2D eigenvalue weighted by atomic mass is 10.0. The molecule has 1 aliphatic rings. The number of carbonyl (C=O) groups is 1. The van der Waals surface area contributed by atoms with Crippen LogP contribution in [0.3, 0.4) is 0 Å². The van der Waals surface area contributed by atoms with Gasteiger partial charge in [-0.1, -0.05) is 6.07 Å². The first-order valence-corrected chi connectivity index (χ1v) is 6.53. The quantitative estimate of drug-likeness (QED) is 0.924. The highest BCUT2D eigenvalue weighted by Gasteiger charge is 2.57. The van der Waals surface area contributed by atoms with Gasteiger partial charge in [0.2, 0.25) is 0 Å². The van der Waals surface area contributed by atoms with Crippen molar-refractivity contribution in [1.82, 2.24) is 4.90 Å². The number of alkyl halides is 3. The van der Waals surface area contributed by atoms with Crippen molar-refractivity contribution in [3.8, 4) is 11.5 Å². The number of benzene rings is 1. The molecule has 0 aliphatic carbocycles. The number of β-amino-alcohol motifs (C(OH)–C–C–N with tert-alkyl or cyclic N) is 1. The fourth-order valence-electron chi connectivity index (χ4n) is 2.42. The third kappa shape index (κ3) is 2.70. The van der Waals surface area contributed by atoms with E-state index < -0.39 is 30.7 Å². The molecule has 1 atom stereocenters. The number of nitrogens with zero attached hydrogens (tertiary/aromatic N) is 1. The SMILES string of the molecule is COc1cccc(C(=O)N2CC[C@](O)(C(F)(F)F)C2)c1OC. The van der Waals surface area contributed by atoms with Crippen LogP contribution in [0, 0.1) is 0 Å². The second kappa shape index (κ2) is 5.68. The Balaban J connectivity index is 2.28. The maximum Gasteiger partial charge on any atom is 0.419 e. The van der Waals surface area contributed by atoms with Gasteiger partial charge in [0.25, 0.3) is 5.91 Å². The minimum absolute atomic E-state index is 0.0910. The minimum Gasteiger partial charge on any atom is -0.493 e. The lowest BCUT2D eigenvalue weighted by Crippen LogP contribution is -2.48. The molecule has 1 aromatic rings. The van der Waals surface area contributed by atoms with Gasteiger partial charge in [-0.3, -0.25) is 4.79 Å². The molecule has 0 unspecified atom stereocenters. The largest absolute Gasteiger partial charge is 0.493 e. The molecule has 1 aliphatic heterocycles. The van der Waals surface area contributed by atoms with Crippen molar-refractivity contribution in [1.29, 1.82) is 0 Å². The highest BCUT2D eigenvalue weighted by atomic mass is 19.4. The second-order valence-electron chi connectivity index (χ2n) is 5.05. The van der Waals surface area contributed by atoms with Crippen LogP contribution < -0.4 is 9.47 Å². The topological polar surface area (TPSA) is 59.0 Å². The van der Waals surface area contributed by atoms with E-state index in [9.17, 15) is 23.1 Å². The van der Waals surface area contributed by atoms with Crippen molar-refractivity contribution in [2.75, 3.05) is 27.3 Å². The molecule has 1 heterocycles. The molecule has 1 saturated heterocycles. The Morgan fingerprint density at radius 3 is 2.50 bits per heavy atom. The van der Waals surface area contributed by atoms with Gasteiger partial charge >= 0.3 is 6.18 Å². The first kappa shape index (κ1) is 16.4. The predicted octanol–water partition coefficient (Wildman–Crippen LogP) is 1.84. The summed E-state index contributed by atoms with van der Waals surface area (Å²) in [4.78, 5) is 13.4. The third-order valence-electron chi connectivity index (χ3n) is 3.70. The number of hydrogen-bond donors (Lipinski definition) is 1. The first-order valence-electron chi connectivity index (χ1n) is 6.53. The summed E-state index contributed by atoms with van der Waals surface area (Å²) in [6.07, 6.45) is -5.32. The van der Waals surface area contributed by atoms with Gasteiger partial charge in [-0.2, -0.15) is 13.2 Å². The predicted molar refractivity (Wildman–Crippen MR) is 71.1 cm³/mol. The van der Waals surface area contributed by atoms with Gasteiger partial charge in [0.15, 0.2) is 17.1 Å². The molecule has 1 amide bonds. The number of aliphatic hydroxyl groups is 1. The van der Waals surface area contributed by atoms with Crippen LogP contribution in [-0.2, 0) is 0 Å². The molecule has 0 saturated carbocycles. The number of ether oxygens (including phenoxy) is 2. The maximum absolute atomic E-state index is 12.8. The van der Waals surface area contributed by atoms with E-state index in [4.69, 9.17) is 9.47 Å². The Labute approximate surface area is 125 Å². The summed E-state index contributed by atoms with van der Waals surface area (Å²) in [5, 5.41) is 9.65. The fraction of sp³-hybridized carbons (Fsp3) is 0.500. The summed E-state index contributed by atoms with van der Waals surface area (Å²) in [5.74, 6) is -0.188. The molecule has 1 fully saturated rings. The minimum atomic E-state index is -4.78. The molecule has 8 heteroatoms. The summed E-state index contributed by atoms with van der Waals surface area (Å²) in [6, 6.07) is 4.56. The van der Waals surface area contributed by atoms with Crippen LogP contribution in [0.15, 0.2) is 18.2 Å². The summed E-state index contributed by atoms with van der Waals surface area (Å²) in [5.41, 5.74) is -2.78. The summed E-state index contributed by atoms with van der Waals surface area (Å²) < 4.78 is 48.6. The average molecular weight is 319 g/mol. The fourth-order valence-corrected chi connectivity index (χ4v) is 2.42. The first-order chi connectivity index (χ1) is 10.2. The summed E-state index contributed by atoms with van der Waals surface area (Å²) in [7, 11) is 2.73. The zero-order valence-electron chi connectivity index (χ0n) is 12.1. The van der Waals surface area contributed by atoms with Crippen LogP contribution in [0.25, 0.3) is 0 Å². The van der Waals surface area contributed by atoms with Gasteiger partial charge in [-0.15, -0.1) is 0 Å². The van der Waals surface area contributed by atoms with Gasteiger partial charge < -0.3 is 19.5 Å². The van der Waals surface area contributed by atoms with Crippen LogP contribution in [-0.4, -0.2) is 55.0 Å². The van der Waals surface area contributed by atoms with Gasteiger partial charge in [0, 0.05) is 13.0 Å². The molecular weight excluding hydrogens is 303 g/mol. The Kier molecular flexibility index (Phi) is 4.23. The number of rotatable bonds is 3. The highest BCUT2D eigenvalue weighted by Crippen LogP contribution is 2.39. The summed E-state index contributed by atoms with van der Waals surface area (Å²) >= 11 is 0. The Hall–Kier alpha value is -1.96. The van der Waals surface area contributed by atoms with Crippen molar-refractivity contribution < 1.29 is 32.5 Å². The normalized spacial score (nSPS) is 21.8. The van der Waals surface area contributed by atoms with Crippen LogP contribution >= 0.6 is 0 Å². The third-order valence-corrected chi connectivity index (χ3v) is 3.70. The average Bonchev–Trinajstić information content (AvgIpc) is 2.89. The van der Waals surface area contributed by atoms with Crippen LogP contribution in [0.2, 0.25) is 0 Å². The van der Waals surface area contributed by atoms with Crippen LogP contribution in [0.1, 0.15) is 16.8 Å². The van der Waals surface area contributed by atoms with Crippen molar-refractivity contribution in [3.05, 3.63) is 23.8 Å². The molecule has 2 rings (SSSR count). The Morgan fingerprint density at radius 1 is 1.32 bits per heavy atom. The maximum atomic E-state index is 12.8. The Morgan fingerprint density at radius 2 is 2.00 bits per heavy atom. The molecule has 22 heavy (non-hydrogen) atoms. The van der Waals surface area contributed by atoms with Crippen LogP contribution in [0.4, 0.5) is 13.2 Å². The van der Waals surface area contributed by atoms with Crippen molar-refractivity contribution in [3.63, 3.8) is 0 Å². The molecule has 0 spiro atoms. The highest BCUT2D eigenvalue weighted by molar-refractivity contribution is 5.98. The van der Waals surface area contributed by atoms with Gasteiger partial charge in [0.1, 0.15) is 0 Å². The summed E-state index contributed by atoms with van der Waals surface area (Å²) in [6.45, 7) is -0.981. The number of para-hydroxylation sites is 1. The van der Waals surface area contributed by atoms with E-state index in [1.165, 1.54) is 20.3 Å². The van der Waals surface area contributed by atoms with E-state index in [1.54, 1.807) is 12.1 Å². The van der Waals surface area contributed by atoms with Gasteiger partial charge in [0.05, 0.1) is 26.3 Å². The molecule has 0 radical (unpaired) electrons. The van der Waals surface area contributed by atoms with E-state index in [-0.39, 0.29) is 17.9 Å². The number of methoxy groups -OCH3 is 2. The van der Waals surface area contributed by atoms with E-state index in [0.717, 1.165) is 4.90 Å². The molecular formula is C14H16F3NO4. The Bertz CT molecular complexity index is 576. The van der Waals surface area contributed by atoms with Crippen molar-refractivity contribution >= 4 is 5.91 Å². The zero-order valence-corrected chi connectivity index (χ0v) is 12.1. The molecule has 1 aromatic carbocycles. The molecule has 0 aromatic heterocycles. The second-order valence-corrected chi connectivity index (χ2v) is 5.05. The van der Waals surface area contributed by atoms with Crippen molar-refractivity contribution in [2.24, 2.45) is 0 Å². The van der Waals surface area contributed by atoms with E-state index in [0.29, 0.717) is 5.75 Å². The lowest BCUT2D eigenvalue weighted by Gasteiger charge is -2.26. The van der Waals surface area contributed by atoms with E-state index >= 15 is 0 Å². The monoisotopic (exact) mass is 319 g/mol.